The topological polar surface area (TPSA) is 68.7 Å². The Morgan fingerprint density at radius 2 is 2.33 bits per heavy atom. The van der Waals surface area contributed by atoms with E-state index in [9.17, 15) is 4.79 Å². The molecule has 1 amide bonds. The summed E-state index contributed by atoms with van der Waals surface area (Å²) < 4.78 is 9.86. The summed E-state index contributed by atoms with van der Waals surface area (Å²) in [4.78, 5) is 14.1. The number of amides is 1. The quantitative estimate of drug-likeness (QED) is 0.774. The average molecular weight is 291 g/mol. The molecule has 0 aliphatic heterocycles. The highest BCUT2D eigenvalue weighted by molar-refractivity contribution is 7.80. The molecule has 2 N–H and O–H groups in total. The second-order valence-corrected chi connectivity index (χ2v) is 4.48. The Hall–Kier alpha value is -1.11. The number of thiocarbonyl (C=S) groups is 1. The smallest absolute Gasteiger partial charge is 0.258 e. The molecule has 0 radical (unpaired) electrons. The molecule has 0 saturated heterocycles. The molecular weight excluding hydrogens is 276 g/mol. The summed E-state index contributed by atoms with van der Waals surface area (Å²) in [5.74, 6) is -0.220. The molecule has 1 aromatic rings. The van der Waals surface area contributed by atoms with Crippen molar-refractivity contribution in [2.24, 2.45) is 5.73 Å². The van der Waals surface area contributed by atoms with Gasteiger partial charge in [0.15, 0.2) is 0 Å². The number of nitrogens with two attached hydrogens (primary N) is 1. The summed E-state index contributed by atoms with van der Waals surface area (Å²) >= 11 is 10.6. The maximum atomic E-state index is 12.2. The van der Waals surface area contributed by atoms with Gasteiger partial charge in [-0.2, -0.15) is 0 Å². The number of ether oxygens (including phenoxy) is 1. The molecule has 0 unspecified atom stereocenters. The minimum Gasteiger partial charge on any atom is -0.452 e. The normalized spacial score (nSPS) is 10.3. The van der Waals surface area contributed by atoms with Gasteiger partial charge in [0.25, 0.3) is 5.91 Å². The van der Waals surface area contributed by atoms with Gasteiger partial charge in [0.2, 0.25) is 5.22 Å². The number of furan rings is 1. The van der Waals surface area contributed by atoms with Gasteiger partial charge in [-0.25, -0.2) is 0 Å². The largest absolute Gasteiger partial charge is 0.452 e. The zero-order valence-electron chi connectivity index (χ0n) is 10.0. The lowest BCUT2D eigenvalue weighted by molar-refractivity contribution is 0.0701. The number of hydrogen-bond acceptors (Lipinski definition) is 4. The molecular formula is C11H15ClN2O3S. The summed E-state index contributed by atoms with van der Waals surface area (Å²) in [5.41, 5.74) is 5.77. The van der Waals surface area contributed by atoms with Gasteiger partial charge in [-0.1, -0.05) is 12.2 Å². The number of carbonyl (C=O) groups excluding carboxylic acids is 1. The fourth-order valence-electron chi connectivity index (χ4n) is 1.38. The van der Waals surface area contributed by atoms with E-state index in [-0.39, 0.29) is 11.1 Å². The van der Waals surface area contributed by atoms with E-state index in [0.717, 1.165) is 0 Å². The van der Waals surface area contributed by atoms with Gasteiger partial charge in [-0.3, -0.25) is 4.79 Å². The van der Waals surface area contributed by atoms with Crippen LogP contribution < -0.4 is 5.73 Å². The SMILES string of the molecule is COCCN(CCC(N)=S)C(=O)c1ccoc1Cl. The van der Waals surface area contributed by atoms with Crippen LogP contribution in [-0.4, -0.2) is 42.6 Å². The van der Waals surface area contributed by atoms with Gasteiger partial charge in [0, 0.05) is 26.6 Å². The molecule has 0 bridgehead atoms. The number of nitrogens with zero attached hydrogens (tertiary/aromatic N) is 1. The van der Waals surface area contributed by atoms with Crippen LogP contribution in [-0.2, 0) is 4.74 Å². The number of carbonyl (C=O) groups is 1. The Morgan fingerprint density at radius 1 is 1.61 bits per heavy atom. The zero-order chi connectivity index (χ0) is 13.5. The highest BCUT2D eigenvalue weighted by Crippen LogP contribution is 2.18. The lowest BCUT2D eigenvalue weighted by Gasteiger charge is -2.21. The summed E-state index contributed by atoms with van der Waals surface area (Å²) in [6.45, 7) is 1.30. The minimum atomic E-state index is -0.220. The number of rotatable bonds is 7. The van der Waals surface area contributed by atoms with Crippen LogP contribution in [0.15, 0.2) is 16.7 Å². The van der Waals surface area contributed by atoms with E-state index in [1.807, 2.05) is 0 Å². The fourth-order valence-corrected chi connectivity index (χ4v) is 1.66. The standard InChI is InChI=1S/C11H15ClN2O3S/c1-16-7-5-14(4-2-9(13)18)11(15)8-3-6-17-10(8)12/h3,6H,2,4-5,7H2,1H3,(H2,13,18). The Balaban J connectivity index is 2.72. The minimum absolute atomic E-state index is 0.0812. The van der Waals surface area contributed by atoms with Crippen molar-refractivity contribution in [1.29, 1.82) is 0 Å². The van der Waals surface area contributed by atoms with Crippen LogP contribution in [0.1, 0.15) is 16.8 Å². The Morgan fingerprint density at radius 3 is 2.83 bits per heavy atom. The molecule has 0 aliphatic carbocycles. The Kier molecular flexibility index (Phi) is 6.11. The molecule has 1 aromatic heterocycles. The van der Waals surface area contributed by atoms with Gasteiger partial charge < -0.3 is 19.8 Å². The number of methoxy groups -OCH3 is 1. The molecule has 18 heavy (non-hydrogen) atoms. The third-order valence-electron chi connectivity index (χ3n) is 2.33. The van der Waals surface area contributed by atoms with Crippen molar-refractivity contribution in [1.82, 2.24) is 4.90 Å². The lowest BCUT2D eigenvalue weighted by Crippen LogP contribution is -2.36. The monoisotopic (exact) mass is 290 g/mol. The van der Waals surface area contributed by atoms with Crippen LogP contribution in [0.25, 0.3) is 0 Å². The van der Waals surface area contributed by atoms with Crippen LogP contribution in [0.5, 0.6) is 0 Å². The highest BCUT2D eigenvalue weighted by Gasteiger charge is 2.20. The van der Waals surface area contributed by atoms with Crippen molar-refractivity contribution in [3.63, 3.8) is 0 Å². The van der Waals surface area contributed by atoms with Crippen molar-refractivity contribution in [2.75, 3.05) is 26.8 Å². The average Bonchev–Trinajstić information content (AvgIpc) is 2.74. The third kappa shape index (κ3) is 4.29. The van der Waals surface area contributed by atoms with E-state index in [4.69, 9.17) is 38.7 Å². The second-order valence-electron chi connectivity index (χ2n) is 3.61. The molecule has 0 aliphatic rings. The summed E-state index contributed by atoms with van der Waals surface area (Å²) in [7, 11) is 1.57. The van der Waals surface area contributed by atoms with E-state index in [1.54, 1.807) is 12.0 Å². The number of halogens is 1. The third-order valence-corrected chi connectivity index (χ3v) is 2.83. The van der Waals surface area contributed by atoms with Gasteiger partial charge >= 0.3 is 0 Å². The van der Waals surface area contributed by atoms with Gasteiger partial charge in [0.1, 0.15) is 0 Å². The summed E-state index contributed by atoms with van der Waals surface area (Å²) in [6, 6.07) is 1.53. The fraction of sp³-hybridized carbons (Fsp3) is 0.455. The van der Waals surface area contributed by atoms with E-state index in [1.165, 1.54) is 12.3 Å². The summed E-state index contributed by atoms with van der Waals surface area (Å²) in [5, 5.41) is 0.0812. The van der Waals surface area contributed by atoms with E-state index in [2.05, 4.69) is 0 Å². The molecule has 0 saturated carbocycles. The van der Waals surface area contributed by atoms with E-state index in [0.29, 0.717) is 36.7 Å². The lowest BCUT2D eigenvalue weighted by atomic mass is 10.2. The van der Waals surface area contributed by atoms with Gasteiger partial charge in [0.05, 0.1) is 23.4 Å². The molecule has 5 nitrogen and oxygen atoms in total. The van der Waals surface area contributed by atoms with E-state index >= 15 is 0 Å². The molecule has 1 rings (SSSR count). The highest BCUT2D eigenvalue weighted by atomic mass is 35.5. The first kappa shape index (κ1) is 14.9. The molecule has 7 heteroatoms. The predicted molar refractivity (Wildman–Crippen MR) is 72.9 cm³/mol. The van der Waals surface area contributed by atoms with Crippen LogP contribution in [0.4, 0.5) is 0 Å². The van der Waals surface area contributed by atoms with Gasteiger partial charge in [-0.15, -0.1) is 0 Å². The molecule has 100 valence electrons. The number of hydrogen-bond donors (Lipinski definition) is 1. The van der Waals surface area contributed by atoms with Gasteiger partial charge in [-0.05, 0) is 17.7 Å². The second kappa shape index (κ2) is 7.35. The van der Waals surface area contributed by atoms with E-state index < -0.39 is 0 Å². The first-order chi connectivity index (χ1) is 8.56. The van der Waals surface area contributed by atoms with Crippen molar-refractivity contribution in [3.05, 3.63) is 23.1 Å². The first-order valence-corrected chi connectivity index (χ1v) is 6.14. The molecule has 0 aromatic carbocycles. The molecule has 0 fully saturated rings. The van der Waals surface area contributed by atoms with Crippen molar-refractivity contribution in [2.45, 2.75) is 6.42 Å². The first-order valence-electron chi connectivity index (χ1n) is 5.35. The molecule has 0 atom stereocenters. The Bertz CT molecular complexity index is 422. The van der Waals surface area contributed by atoms with Crippen molar-refractivity contribution in [3.8, 4) is 0 Å². The Labute approximate surface area is 116 Å². The summed E-state index contributed by atoms with van der Waals surface area (Å²) in [6.07, 6.45) is 1.83. The van der Waals surface area contributed by atoms with Crippen LogP contribution in [0.2, 0.25) is 5.22 Å². The molecule has 0 spiro atoms. The van der Waals surface area contributed by atoms with Crippen molar-refractivity contribution >= 4 is 34.7 Å². The van der Waals surface area contributed by atoms with Crippen LogP contribution in [0.3, 0.4) is 0 Å². The maximum absolute atomic E-state index is 12.2. The molecule has 1 heterocycles. The van der Waals surface area contributed by atoms with Crippen LogP contribution in [0, 0.1) is 0 Å². The zero-order valence-corrected chi connectivity index (χ0v) is 11.6. The predicted octanol–water partition coefficient (Wildman–Crippen LogP) is 1.70. The van der Waals surface area contributed by atoms with Crippen molar-refractivity contribution < 1.29 is 13.9 Å². The maximum Gasteiger partial charge on any atom is 0.258 e. The van der Waals surface area contributed by atoms with Crippen LogP contribution >= 0.6 is 23.8 Å².